The zero-order valence-electron chi connectivity index (χ0n) is 12.3. The Morgan fingerprint density at radius 3 is 1.85 bits per heavy atom. The van der Waals surface area contributed by atoms with Crippen LogP contribution in [-0.4, -0.2) is 24.2 Å². The number of hydrogen-bond donors (Lipinski definition) is 1. The third-order valence-corrected chi connectivity index (χ3v) is 4.76. The van der Waals surface area contributed by atoms with Gasteiger partial charge in [0.05, 0.1) is 0 Å². The van der Waals surface area contributed by atoms with Crippen LogP contribution in [0.5, 0.6) is 0 Å². The maximum atomic E-state index is 13.2. The van der Waals surface area contributed by atoms with Crippen molar-refractivity contribution in [2.75, 3.05) is 0 Å². The second kappa shape index (κ2) is 4.56. The molecule has 0 saturated heterocycles. The van der Waals surface area contributed by atoms with Gasteiger partial charge in [0.2, 0.25) is 0 Å². The molecule has 7 heteroatoms. The molecular formula is C13H22BF3NO2-. The highest BCUT2D eigenvalue weighted by Crippen LogP contribution is 2.62. The number of hydrogen-bond acceptors (Lipinski definition) is 2. The Morgan fingerprint density at radius 1 is 1.05 bits per heavy atom. The molecule has 116 valence electrons. The van der Waals surface area contributed by atoms with Gasteiger partial charge in [0.15, 0.2) is 0 Å². The lowest BCUT2D eigenvalue weighted by Gasteiger charge is -2.57. The second-order valence-electron chi connectivity index (χ2n) is 7.34. The van der Waals surface area contributed by atoms with Gasteiger partial charge in [-0.3, -0.25) is 0 Å². The smallest absolute Gasteiger partial charge is 0.449 e. The van der Waals surface area contributed by atoms with Crippen LogP contribution in [0.3, 0.4) is 0 Å². The molecule has 0 aromatic carbocycles. The Hall–Kier alpha value is -0.875. The van der Waals surface area contributed by atoms with Gasteiger partial charge in [-0.1, -0.05) is 24.6 Å². The summed E-state index contributed by atoms with van der Waals surface area (Å²) >= 11 is 0. The first-order chi connectivity index (χ1) is 8.97. The molecule has 0 spiro atoms. The molecule has 0 aromatic rings. The number of ether oxygens (including phenoxy) is 1. The van der Waals surface area contributed by atoms with Crippen LogP contribution in [0.4, 0.5) is 17.7 Å². The van der Waals surface area contributed by atoms with Gasteiger partial charge in [0.25, 0.3) is 0 Å². The molecule has 3 aliphatic carbocycles. The molecule has 0 heterocycles. The standard InChI is InChI=1S/C13H22BF3NO2/c1-11(2,3)20-10(19)18-13-7-4-12(5-8-13,6-9-13)14(15,16)17/h4-9H2,1-3H3,(H,18,19)/q-1. The lowest BCUT2D eigenvalue weighted by molar-refractivity contribution is 0.0298. The topological polar surface area (TPSA) is 38.3 Å². The van der Waals surface area contributed by atoms with E-state index in [2.05, 4.69) is 5.32 Å². The fourth-order valence-corrected chi connectivity index (χ4v) is 3.41. The van der Waals surface area contributed by atoms with Gasteiger partial charge in [-0.25, -0.2) is 4.79 Å². The summed E-state index contributed by atoms with van der Waals surface area (Å²) in [7, 11) is 0. The predicted octanol–water partition coefficient (Wildman–Crippen LogP) is 4.21. The monoisotopic (exact) mass is 292 g/mol. The quantitative estimate of drug-likeness (QED) is 0.774. The van der Waals surface area contributed by atoms with Gasteiger partial charge in [0.1, 0.15) is 5.60 Å². The molecule has 0 radical (unpaired) electrons. The first kappa shape index (κ1) is 15.5. The average Bonchev–Trinajstić information content (AvgIpc) is 2.26. The summed E-state index contributed by atoms with van der Waals surface area (Å²) < 4.78 is 44.8. The maximum Gasteiger partial charge on any atom is 0.484 e. The van der Waals surface area contributed by atoms with Crippen LogP contribution in [0.15, 0.2) is 0 Å². The molecule has 20 heavy (non-hydrogen) atoms. The van der Waals surface area contributed by atoms with Crippen molar-refractivity contribution in [2.24, 2.45) is 0 Å². The Morgan fingerprint density at radius 2 is 1.50 bits per heavy atom. The molecule has 3 fully saturated rings. The Balaban J connectivity index is 1.99. The molecule has 0 aliphatic heterocycles. The van der Waals surface area contributed by atoms with Crippen molar-refractivity contribution in [3.05, 3.63) is 0 Å². The summed E-state index contributed by atoms with van der Waals surface area (Å²) in [5.74, 6) is 0. The highest BCUT2D eigenvalue weighted by atomic mass is 19.4. The zero-order chi connectivity index (χ0) is 15.2. The van der Waals surface area contributed by atoms with Crippen LogP contribution in [-0.2, 0) is 4.74 Å². The van der Waals surface area contributed by atoms with Crippen molar-refractivity contribution < 1.29 is 22.5 Å². The number of carbonyl (C=O) groups excluding carboxylic acids is 1. The van der Waals surface area contributed by atoms with E-state index in [0.29, 0.717) is 19.3 Å². The summed E-state index contributed by atoms with van der Waals surface area (Å²) in [4.78, 5) is 11.8. The van der Waals surface area contributed by atoms with E-state index in [1.165, 1.54) is 0 Å². The SMILES string of the molecule is CC(C)(C)OC(=O)NC12CCC([B-](F)(F)F)(CC1)CC2. The predicted molar refractivity (Wildman–Crippen MR) is 71.6 cm³/mol. The van der Waals surface area contributed by atoms with E-state index >= 15 is 0 Å². The first-order valence-corrected chi connectivity index (χ1v) is 7.18. The average molecular weight is 292 g/mol. The minimum Gasteiger partial charge on any atom is -0.449 e. The normalized spacial score (nSPS) is 33.9. The molecule has 3 rings (SSSR count). The molecule has 1 N–H and O–H groups in total. The lowest BCUT2D eigenvalue weighted by atomic mass is 9.43. The first-order valence-electron chi connectivity index (χ1n) is 7.18. The van der Waals surface area contributed by atoms with Crippen molar-refractivity contribution in [3.63, 3.8) is 0 Å². The number of fused-ring (bicyclic) bond motifs is 3. The van der Waals surface area contributed by atoms with Gasteiger partial charge in [-0.05, 0) is 40.0 Å². The van der Waals surface area contributed by atoms with Crippen LogP contribution < -0.4 is 5.32 Å². The van der Waals surface area contributed by atoms with E-state index in [1.54, 1.807) is 20.8 Å². The minimum absolute atomic E-state index is 0.131. The summed E-state index contributed by atoms with van der Waals surface area (Å²) in [5, 5.41) is 1.36. The summed E-state index contributed by atoms with van der Waals surface area (Å²) in [6, 6.07) is 0. The third-order valence-electron chi connectivity index (χ3n) is 4.76. The van der Waals surface area contributed by atoms with Crippen molar-refractivity contribution in [3.8, 4) is 0 Å². The van der Waals surface area contributed by atoms with Crippen LogP contribution >= 0.6 is 0 Å². The molecule has 2 bridgehead atoms. The fourth-order valence-electron chi connectivity index (χ4n) is 3.41. The molecule has 3 saturated carbocycles. The van der Waals surface area contributed by atoms with Gasteiger partial charge < -0.3 is 23.0 Å². The number of alkyl carbamates (subject to hydrolysis) is 1. The molecule has 1 amide bonds. The number of halogens is 3. The lowest BCUT2D eigenvalue weighted by Crippen LogP contribution is -2.59. The minimum atomic E-state index is -4.80. The van der Waals surface area contributed by atoms with E-state index in [1.807, 2.05) is 0 Å². The molecular weight excluding hydrogens is 270 g/mol. The molecule has 0 unspecified atom stereocenters. The molecule has 0 aromatic heterocycles. The third kappa shape index (κ3) is 2.91. The molecule has 0 atom stereocenters. The number of amides is 1. The van der Waals surface area contributed by atoms with Crippen molar-refractivity contribution in [1.82, 2.24) is 5.32 Å². The van der Waals surface area contributed by atoms with E-state index in [-0.39, 0.29) is 19.3 Å². The zero-order valence-corrected chi connectivity index (χ0v) is 12.3. The summed E-state index contributed by atoms with van der Waals surface area (Å²) in [5.41, 5.74) is -1.09. The Kier molecular flexibility index (Phi) is 3.54. The highest BCUT2D eigenvalue weighted by Gasteiger charge is 2.57. The van der Waals surface area contributed by atoms with E-state index in [9.17, 15) is 17.7 Å². The number of carbonyl (C=O) groups is 1. The van der Waals surface area contributed by atoms with E-state index in [4.69, 9.17) is 4.74 Å². The van der Waals surface area contributed by atoms with Crippen LogP contribution in [0, 0.1) is 0 Å². The van der Waals surface area contributed by atoms with Crippen molar-refractivity contribution >= 4 is 13.1 Å². The summed E-state index contributed by atoms with van der Waals surface area (Å²) in [6.07, 6.45) is 1.06. The Labute approximate surface area is 117 Å². The fraction of sp³-hybridized carbons (Fsp3) is 0.923. The van der Waals surface area contributed by atoms with Crippen molar-refractivity contribution in [1.29, 1.82) is 0 Å². The van der Waals surface area contributed by atoms with Crippen LogP contribution in [0.2, 0.25) is 5.31 Å². The number of rotatable bonds is 2. The van der Waals surface area contributed by atoms with E-state index in [0.717, 1.165) is 0 Å². The van der Waals surface area contributed by atoms with Crippen LogP contribution in [0.25, 0.3) is 0 Å². The molecule has 3 nitrogen and oxygen atoms in total. The Bertz CT molecular complexity index is 379. The molecule has 3 aliphatic rings. The van der Waals surface area contributed by atoms with Gasteiger partial charge in [0, 0.05) is 5.54 Å². The van der Waals surface area contributed by atoms with Gasteiger partial charge >= 0.3 is 13.1 Å². The number of nitrogens with one attached hydrogen (secondary N) is 1. The maximum absolute atomic E-state index is 13.2. The van der Waals surface area contributed by atoms with E-state index < -0.39 is 29.5 Å². The largest absolute Gasteiger partial charge is 0.484 e. The van der Waals surface area contributed by atoms with Gasteiger partial charge in [-0.2, -0.15) is 0 Å². The second-order valence-corrected chi connectivity index (χ2v) is 7.34. The highest BCUT2D eigenvalue weighted by molar-refractivity contribution is 6.62. The van der Waals surface area contributed by atoms with Crippen molar-refractivity contribution in [2.45, 2.75) is 75.8 Å². The van der Waals surface area contributed by atoms with Crippen LogP contribution in [0.1, 0.15) is 59.3 Å². The van der Waals surface area contributed by atoms with Gasteiger partial charge in [-0.15, -0.1) is 0 Å². The summed E-state index contributed by atoms with van der Waals surface area (Å²) in [6.45, 7) is 0.497.